The zero-order chi connectivity index (χ0) is 18.0. The SMILES string of the molecule is Cc1cc(=O)[nH]c(-n2nc(C)c(CCC(=O)N3CCOCC3)c2C)n1. The van der Waals surface area contributed by atoms with Crippen LogP contribution < -0.4 is 5.56 Å². The van der Waals surface area contributed by atoms with Gasteiger partial charge in [-0.15, -0.1) is 0 Å². The Balaban J connectivity index is 1.77. The van der Waals surface area contributed by atoms with Crippen LogP contribution in [0.15, 0.2) is 10.9 Å². The molecule has 0 spiro atoms. The maximum atomic E-state index is 12.3. The summed E-state index contributed by atoms with van der Waals surface area (Å²) < 4.78 is 6.92. The van der Waals surface area contributed by atoms with Crippen molar-refractivity contribution in [1.29, 1.82) is 0 Å². The fraction of sp³-hybridized carbons (Fsp3) is 0.529. The van der Waals surface area contributed by atoms with Gasteiger partial charge in [-0.25, -0.2) is 9.67 Å². The van der Waals surface area contributed by atoms with Crippen molar-refractivity contribution in [2.24, 2.45) is 0 Å². The quantitative estimate of drug-likeness (QED) is 0.879. The normalized spacial score (nSPS) is 14.8. The second kappa shape index (κ2) is 7.18. The Morgan fingerprint density at radius 3 is 2.68 bits per heavy atom. The molecule has 2 aromatic heterocycles. The number of aryl methyl sites for hydroxylation is 2. The molecule has 3 heterocycles. The Bertz CT molecular complexity index is 833. The van der Waals surface area contributed by atoms with E-state index in [4.69, 9.17) is 4.74 Å². The Hall–Kier alpha value is -2.48. The standard InChI is InChI=1S/C17H23N5O3/c1-11-10-15(23)19-17(18-11)22-13(3)14(12(2)20-22)4-5-16(24)21-6-8-25-9-7-21/h10H,4-9H2,1-3H3,(H,18,19,23). The first kappa shape index (κ1) is 17.3. The summed E-state index contributed by atoms with van der Waals surface area (Å²) in [4.78, 5) is 32.9. The largest absolute Gasteiger partial charge is 0.378 e. The molecular formula is C17H23N5O3. The molecule has 134 valence electrons. The lowest BCUT2D eigenvalue weighted by molar-refractivity contribution is -0.135. The predicted octanol–water partition coefficient (Wildman–Crippen LogP) is 0.672. The summed E-state index contributed by atoms with van der Waals surface area (Å²) in [6.07, 6.45) is 1.05. The number of ether oxygens (including phenoxy) is 1. The molecule has 0 aromatic carbocycles. The summed E-state index contributed by atoms with van der Waals surface area (Å²) >= 11 is 0. The van der Waals surface area contributed by atoms with Gasteiger partial charge in [0.1, 0.15) is 0 Å². The summed E-state index contributed by atoms with van der Waals surface area (Å²) in [7, 11) is 0. The number of hydrogen-bond donors (Lipinski definition) is 1. The molecule has 1 fully saturated rings. The molecule has 2 aromatic rings. The number of carbonyl (C=O) groups excluding carboxylic acids is 1. The van der Waals surface area contributed by atoms with E-state index in [1.165, 1.54) is 6.07 Å². The van der Waals surface area contributed by atoms with Gasteiger partial charge in [0.25, 0.3) is 5.56 Å². The fourth-order valence-corrected chi connectivity index (χ4v) is 3.11. The zero-order valence-corrected chi connectivity index (χ0v) is 14.8. The van der Waals surface area contributed by atoms with Gasteiger partial charge in [0.05, 0.1) is 18.9 Å². The Kier molecular flexibility index (Phi) is 4.98. The fourth-order valence-electron chi connectivity index (χ4n) is 3.11. The third-order valence-electron chi connectivity index (χ3n) is 4.45. The first-order valence-corrected chi connectivity index (χ1v) is 8.44. The van der Waals surface area contributed by atoms with Crippen LogP contribution in [0.25, 0.3) is 5.95 Å². The van der Waals surface area contributed by atoms with Gasteiger partial charge in [-0.05, 0) is 32.8 Å². The van der Waals surface area contributed by atoms with E-state index in [-0.39, 0.29) is 11.5 Å². The summed E-state index contributed by atoms with van der Waals surface area (Å²) in [6, 6.07) is 1.44. The van der Waals surface area contributed by atoms with Gasteiger partial charge in [0.15, 0.2) is 0 Å². The zero-order valence-electron chi connectivity index (χ0n) is 14.8. The Labute approximate surface area is 145 Å². The molecule has 1 saturated heterocycles. The molecule has 0 unspecified atom stereocenters. The smallest absolute Gasteiger partial charge is 0.252 e. The number of H-pyrrole nitrogens is 1. The van der Waals surface area contributed by atoms with Crippen molar-refractivity contribution < 1.29 is 9.53 Å². The van der Waals surface area contributed by atoms with Crippen molar-refractivity contribution in [1.82, 2.24) is 24.6 Å². The number of carbonyl (C=O) groups is 1. The molecule has 8 heteroatoms. The lowest BCUT2D eigenvalue weighted by Gasteiger charge is -2.26. The van der Waals surface area contributed by atoms with E-state index in [0.29, 0.717) is 50.8 Å². The van der Waals surface area contributed by atoms with Gasteiger partial charge in [-0.1, -0.05) is 0 Å². The molecule has 0 saturated carbocycles. The van der Waals surface area contributed by atoms with E-state index in [2.05, 4.69) is 15.1 Å². The summed E-state index contributed by atoms with van der Waals surface area (Å²) in [5.74, 6) is 0.535. The minimum Gasteiger partial charge on any atom is -0.378 e. The third kappa shape index (κ3) is 3.79. The maximum absolute atomic E-state index is 12.3. The molecule has 1 N–H and O–H groups in total. The van der Waals surface area contributed by atoms with Crippen molar-refractivity contribution in [3.63, 3.8) is 0 Å². The number of amides is 1. The van der Waals surface area contributed by atoms with E-state index in [1.54, 1.807) is 11.6 Å². The Morgan fingerprint density at radius 1 is 1.28 bits per heavy atom. The monoisotopic (exact) mass is 345 g/mol. The number of hydrogen-bond acceptors (Lipinski definition) is 5. The number of morpholine rings is 1. The highest BCUT2D eigenvalue weighted by Crippen LogP contribution is 2.18. The molecule has 1 aliphatic rings. The van der Waals surface area contributed by atoms with Crippen LogP contribution in [-0.2, 0) is 16.0 Å². The van der Waals surface area contributed by atoms with Crippen LogP contribution in [0.2, 0.25) is 0 Å². The summed E-state index contributed by atoms with van der Waals surface area (Å²) in [6.45, 7) is 8.13. The predicted molar refractivity (Wildman–Crippen MR) is 91.9 cm³/mol. The molecular weight excluding hydrogens is 322 g/mol. The highest BCUT2D eigenvalue weighted by molar-refractivity contribution is 5.76. The molecule has 0 radical (unpaired) electrons. The van der Waals surface area contributed by atoms with E-state index in [9.17, 15) is 9.59 Å². The van der Waals surface area contributed by atoms with E-state index in [1.807, 2.05) is 18.7 Å². The van der Waals surface area contributed by atoms with Crippen molar-refractivity contribution in [3.05, 3.63) is 39.1 Å². The topological polar surface area (TPSA) is 93.1 Å². The second-order valence-electron chi connectivity index (χ2n) is 6.26. The van der Waals surface area contributed by atoms with Gasteiger partial charge in [-0.3, -0.25) is 14.6 Å². The maximum Gasteiger partial charge on any atom is 0.252 e. The van der Waals surface area contributed by atoms with Gasteiger partial charge >= 0.3 is 0 Å². The van der Waals surface area contributed by atoms with Gasteiger partial charge in [0.2, 0.25) is 11.9 Å². The molecule has 8 nitrogen and oxygen atoms in total. The highest BCUT2D eigenvalue weighted by Gasteiger charge is 2.19. The third-order valence-corrected chi connectivity index (χ3v) is 4.45. The molecule has 25 heavy (non-hydrogen) atoms. The van der Waals surface area contributed by atoms with Gasteiger partial charge < -0.3 is 9.64 Å². The number of nitrogens with zero attached hydrogens (tertiary/aromatic N) is 4. The average molecular weight is 345 g/mol. The minimum atomic E-state index is -0.209. The van der Waals surface area contributed by atoms with Crippen molar-refractivity contribution >= 4 is 5.91 Å². The van der Waals surface area contributed by atoms with Crippen LogP contribution >= 0.6 is 0 Å². The number of aromatic amines is 1. The van der Waals surface area contributed by atoms with Crippen molar-refractivity contribution in [2.45, 2.75) is 33.6 Å². The van der Waals surface area contributed by atoms with Crippen LogP contribution in [0.5, 0.6) is 0 Å². The van der Waals surface area contributed by atoms with Gasteiger partial charge in [-0.2, -0.15) is 5.10 Å². The highest BCUT2D eigenvalue weighted by atomic mass is 16.5. The van der Waals surface area contributed by atoms with Crippen LogP contribution in [-0.4, -0.2) is 56.9 Å². The van der Waals surface area contributed by atoms with Crippen LogP contribution in [0, 0.1) is 20.8 Å². The average Bonchev–Trinajstić information content (AvgIpc) is 2.87. The Morgan fingerprint density at radius 2 is 2.00 bits per heavy atom. The number of rotatable bonds is 4. The molecule has 1 amide bonds. The van der Waals surface area contributed by atoms with Crippen LogP contribution in [0.3, 0.4) is 0 Å². The number of aromatic nitrogens is 4. The summed E-state index contributed by atoms with van der Waals surface area (Å²) in [5.41, 5.74) is 3.18. The lowest BCUT2D eigenvalue weighted by atomic mass is 10.1. The van der Waals surface area contributed by atoms with E-state index >= 15 is 0 Å². The molecule has 1 aliphatic heterocycles. The first-order valence-electron chi connectivity index (χ1n) is 8.44. The van der Waals surface area contributed by atoms with Crippen molar-refractivity contribution in [3.8, 4) is 5.95 Å². The molecule has 0 bridgehead atoms. The second-order valence-corrected chi connectivity index (χ2v) is 6.26. The molecule has 0 atom stereocenters. The molecule has 3 rings (SSSR count). The van der Waals surface area contributed by atoms with Crippen molar-refractivity contribution in [2.75, 3.05) is 26.3 Å². The number of nitrogens with one attached hydrogen (secondary N) is 1. The van der Waals surface area contributed by atoms with E-state index < -0.39 is 0 Å². The summed E-state index contributed by atoms with van der Waals surface area (Å²) in [5, 5.41) is 4.49. The first-order chi connectivity index (χ1) is 12.0. The van der Waals surface area contributed by atoms with Crippen LogP contribution in [0.1, 0.15) is 29.1 Å². The van der Waals surface area contributed by atoms with Crippen LogP contribution in [0.4, 0.5) is 0 Å². The lowest BCUT2D eigenvalue weighted by Crippen LogP contribution is -2.40. The van der Waals surface area contributed by atoms with Gasteiger partial charge in [0, 0.05) is 37.0 Å². The minimum absolute atomic E-state index is 0.136. The van der Waals surface area contributed by atoms with E-state index in [0.717, 1.165) is 17.0 Å². The molecule has 0 aliphatic carbocycles.